The van der Waals surface area contributed by atoms with Crippen LogP contribution in [0, 0.1) is 5.92 Å². The van der Waals surface area contributed by atoms with Crippen molar-refractivity contribution in [2.45, 2.75) is 32.7 Å². The van der Waals surface area contributed by atoms with Crippen molar-refractivity contribution in [1.82, 2.24) is 5.32 Å². The van der Waals surface area contributed by atoms with Gasteiger partial charge in [0.05, 0.1) is 19.1 Å². The Hall–Kier alpha value is -2.04. The van der Waals surface area contributed by atoms with Gasteiger partial charge in [0.2, 0.25) is 0 Å². The van der Waals surface area contributed by atoms with Crippen LogP contribution >= 0.6 is 0 Å². The summed E-state index contributed by atoms with van der Waals surface area (Å²) in [7, 11) is 1.53. The van der Waals surface area contributed by atoms with E-state index in [0.717, 1.165) is 0 Å². The molecule has 0 aliphatic rings. The first-order valence-corrected chi connectivity index (χ1v) is 6.47. The van der Waals surface area contributed by atoms with Crippen LogP contribution in [0.15, 0.2) is 24.3 Å². The molecule has 0 aliphatic carbocycles. The molecule has 1 rings (SSSR count). The Morgan fingerprint density at radius 3 is 2.55 bits per heavy atom. The van der Waals surface area contributed by atoms with Crippen LogP contribution in [0.5, 0.6) is 5.75 Å². The van der Waals surface area contributed by atoms with Crippen LogP contribution in [0.3, 0.4) is 0 Å². The number of methoxy groups -OCH3 is 1. The van der Waals surface area contributed by atoms with Gasteiger partial charge in [-0.25, -0.2) is 0 Å². The second-order valence-corrected chi connectivity index (χ2v) is 5.33. The molecule has 2 N–H and O–H groups in total. The van der Waals surface area contributed by atoms with Gasteiger partial charge in [-0.05, 0) is 31.0 Å². The van der Waals surface area contributed by atoms with Crippen molar-refractivity contribution < 1.29 is 19.4 Å². The van der Waals surface area contributed by atoms with E-state index in [9.17, 15) is 9.59 Å². The maximum Gasteiger partial charge on any atom is 0.305 e. The Labute approximate surface area is 118 Å². The van der Waals surface area contributed by atoms with Gasteiger partial charge in [0.1, 0.15) is 5.75 Å². The van der Waals surface area contributed by atoms with Crippen LogP contribution in [0.25, 0.3) is 0 Å². The van der Waals surface area contributed by atoms with Crippen LogP contribution in [0.2, 0.25) is 0 Å². The number of carbonyl (C=O) groups is 2. The second-order valence-electron chi connectivity index (χ2n) is 5.33. The zero-order chi connectivity index (χ0) is 15.3. The van der Waals surface area contributed by atoms with Gasteiger partial charge in [0, 0.05) is 5.56 Å². The number of aliphatic carboxylic acids is 1. The van der Waals surface area contributed by atoms with Crippen molar-refractivity contribution >= 4 is 11.9 Å². The molecule has 1 unspecified atom stereocenters. The number of carboxylic acid groups (broad SMARTS) is 1. The third-order valence-electron chi connectivity index (χ3n) is 3.52. The average molecular weight is 279 g/mol. The van der Waals surface area contributed by atoms with E-state index in [1.54, 1.807) is 31.2 Å². The molecule has 1 aromatic rings. The van der Waals surface area contributed by atoms with E-state index in [2.05, 4.69) is 5.32 Å². The highest BCUT2D eigenvalue weighted by Crippen LogP contribution is 2.22. The summed E-state index contributed by atoms with van der Waals surface area (Å²) in [6, 6.07) is 6.75. The monoisotopic (exact) mass is 279 g/mol. The molecular weight excluding hydrogens is 258 g/mol. The SMILES string of the molecule is COc1cccc(C(=O)NC(C)(CC(=O)O)C(C)C)c1. The molecule has 0 heterocycles. The van der Waals surface area contributed by atoms with E-state index < -0.39 is 11.5 Å². The van der Waals surface area contributed by atoms with Gasteiger partial charge >= 0.3 is 5.97 Å². The molecule has 0 radical (unpaired) electrons. The summed E-state index contributed by atoms with van der Waals surface area (Å²) in [4.78, 5) is 23.2. The minimum absolute atomic E-state index is 0.00634. The first-order chi connectivity index (χ1) is 9.28. The molecule has 1 aromatic carbocycles. The number of nitrogens with one attached hydrogen (secondary N) is 1. The van der Waals surface area contributed by atoms with Gasteiger partial charge < -0.3 is 15.2 Å². The molecule has 1 amide bonds. The predicted octanol–water partition coefficient (Wildman–Crippen LogP) is 2.31. The van der Waals surface area contributed by atoms with Crippen molar-refractivity contribution in [1.29, 1.82) is 0 Å². The topological polar surface area (TPSA) is 75.6 Å². The van der Waals surface area contributed by atoms with E-state index in [1.807, 2.05) is 13.8 Å². The highest BCUT2D eigenvalue weighted by atomic mass is 16.5. The van der Waals surface area contributed by atoms with E-state index in [1.165, 1.54) is 7.11 Å². The molecule has 0 spiro atoms. The molecule has 0 aliphatic heterocycles. The standard InChI is InChI=1S/C15H21NO4/c1-10(2)15(3,9-13(17)18)16-14(19)11-6-5-7-12(8-11)20-4/h5-8,10H,9H2,1-4H3,(H,16,19)(H,17,18). The van der Waals surface area contributed by atoms with Crippen molar-refractivity contribution in [2.24, 2.45) is 5.92 Å². The lowest BCUT2D eigenvalue weighted by molar-refractivity contribution is -0.138. The zero-order valence-electron chi connectivity index (χ0n) is 12.3. The summed E-state index contributed by atoms with van der Waals surface area (Å²) in [6.45, 7) is 5.51. The fourth-order valence-electron chi connectivity index (χ4n) is 1.80. The molecule has 20 heavy (non-hydrogen) atoms. The first kappa shape index (κ1) is 16.0. The summed E-state index contributed by atoms with van der Waals surface area (Å²) >= 11 is 0. The number of ether oxygens (including phenoxy) is 1. The zero-order valence-corrected chi connectivity index (χ0v) is 12.3. The van der Waals surface area contributed by atoms with Crippen molar-refractivity contribution in [3.05, 3.63) is 29.8 Å². The molecule has 0 bridgehead atoms. The third kappa shape index (κ3) is 3.98. The number of amides is 1. The Bertz CT molecular complexity index is 498. The highest BCUT2D eigenvalue weighted by Gasteiger charge is 2.33. The fourth-order valence-corrected chi connectivity index (χ4v) is 1.80. The quantitative estimate of drug-likeness (QED) is 0.838. The molecule has 110 valence electrons. The van der Waals surface area contributed by atoms with Crippen LogP contribution in [-0.4, -0.2) is 29.6 Å². The second kappa shape index (κ2) is 6.41. The first-order valence-electron chi connectivity index (χ1n) is 6.47. The summed E-state index contributed by atoms with van der Waals surface area (Å²) in [5, 5.41) is 11.8. The number of carboxylic acids is 1. The maximum atomic E-state index is 12.3. The van der Waals surface area contributed by atoms with E-state index in [4.69, 9.17) is 9.84 Å². The number of carbonyl (C=O) groups excluding carboxylic acids is 1. The lowest BCUT2D eigenvalue weighted by Gasteiger charge is -2.33. The molecule has 0 saturated carbocycles. The van der Waals surface area contributed by atoms with E-state index in [-0.39, 0.29) is 18.2 Å². The Morgan fingerprint density at radius 1 is 1.40 bits per heavy atom. The van der Waals surface area contributed by atoms with Crippen LogP contribution in [-0.2, 0) is 4.79 Å². The average Bonchev–Trinajstić information content (AvgIpc) is 2.37. The molecule has 5 heteroatoms. The minimum atomic E-state index is -0.938. The summed E-state index contributed by atoms with van der Waals surface area (Å²) in [6.07, 6.45) is -0.125. The number of hydrogen-bond acceptors (Lipinski definition) is 3. The molecule has 5 nitrogen and oxygen atoms in total. The van der Waals surface area contributed by atoms with Gasteiger partial charge in [-0.1, -0.05) is 19.9 Å². The summed E-state index contributed by atoms with van der Waals surface area (Å²) in [5.41, 5.74) is -0.354. The summed E-state index contributed by atoms with van der Waals surface area (Å²) < 4.78 is 5.07. The normalized spacial score (nSPS) is 13.7. The van der Waals surface area contributed by atoms with Crippen LogP contribution < -0.4 is 10.1 Å². The van der Waals surface area contributed by atoms with Crippen molar-refractivity contribution in [3.63, 3.8) is 0 Å². The maximum absolute atomic E-state index is 12.3. The van der Waals surface area contributed by atoms with Gasteiger partial charge in [-0.3, -0.25) is 9.59 Å². The van der Waals surface area contributed by atoms with E-state index in [0.29, 0.717) is 11.3 Å². The van der Waals surface area contributed by atoms with Gasteiger partial charge in [-0.2, -0.15) is 0 Å². The molecule has 0 saturated heterocycles. The lowest BCUT2D eigenvalue weighted by Crippen LogP contribution is -2.51. The Kier molecular flexibility index (Phi) is 5.13. The van der Waals surface area contributed by atoms with Crippen molar-refractivity contribution in [2.75, 3.05) is 7.11 Å². The van der Waals surface area contributed by atoms with E-state index >= 15 is 0 Å². The predicted molar refractivity (Wildman–Crippen MR) is 76.0 cm³/mol. The lowest BCUT2D eigenvalue weighted by atomic mass is 9.85. The third-order valence-corrected chi connectivity index (χ3v) is 3.52. The number of rotatable bonds is 6. The molecular formula is C15H21NO4. The van der Waals surface area contributed by atoms with Gasteiger partial charge in [-0.15, -0.1) is 0 Å². The minimum Gasteiger partial charge on any atom is -0.497 e. The van der Waals surface area contributed by atoms with Gasteiger partial charge in [0.15, 0.2) is 0 Å². The summed E-state index contributed by atoms with van der Waals surface area (Å²) in [5.74, 6) is -0.663. The molecule has 0 aromatic heterocycles. The largest absolute Gasteiger partial charge is 0.497 e. The van der Waals surface area contributed by atoms with Crippen molar-refractivity contribution in [3.8, 4) is 5.75 Å². The molecule has 1 atom stereocenters. The number of hydrogen-bond donors (Lipinski definition) is 2. The molecule has 0 fully saturated rings. The van der Waals surface area contributed by atoms with Crippen LogP contribution in [0.4, 0.5) is 0 Å². The Balaban J connectivity index is 2.93. The smallest absolute Gasteiger partial charge is 0.305 e. The Morgan fingerprint density at radius 2 is 2.05 bits per heavy atom. The fraction of sp³-hybridized carbons (Fsp3) is 0.467. The van der Waals surface area contributed by atoms with Gasteiger partial charge in [0.25, 0.3) is 5.91 Å². The highest BCUT2D eigenvalue weighted by molar-refractivity contribution is 5.95. The number of benzene rings is 1. The van der Waals surface area contributed by atoms with Crippen LogP contribution in [0.1, 0.15) is 37.6 Å².